The van der Waals surface area contributed by atoms with E-state index in [1.54, 1.807) is 12.1 Å². The zero-order chi connectivity index (χ0) is 20.3. The van der Waals surface area contributed by atoms with Crippen LogP contribution in [-0.2, 0) is 5.41 Å². The van der Waals surface area contributed by atoms with Crippen molar-refractivity contribution in [2.45, 2.75) is 26.2 Å². The number of piperazine rings is 1. The Hall–Kier alpha value is -2.47. The molecule has 0 atom stereocenters. The Bertz CT molecular complexity index is 836. The van der Waals surface area contributed by atoms with Crippen molar-refractivity contribution in [1.29, 1.82) is 0 Å². The summed E-state index contributed by atoms with van der Waals surface area (Å²) < 4.78 is 13.1. The van der Waals surface area contributed by atoms with E-state index in [4.69, 9.17) is 12.2 Å². The molecular formula is C22H26FN3OS. The second-order valence-corrected chi connectivity index (χ2v) is 8.42. The van der Waals surface area contributed by atoms with Crippen molar-refractivity contribution in [2.24, 2.45) is 0 Å². The highest BCUT2D eigenvalue weighted by Gasteiger charge is 2.21. The normalized spacial score (nSPS) is 14.7. The summed E-state index contributed by atoms with van der Waals surface area (Å²) in [7, 11) is 0. The van der Waals surface area contributed by atoms with E-state index in [0.717, 1.165) is 18.8 Å². The summed E-state index contributed by atoms with van der Waals surface area (Å²) in [4.78, 5) is 16.7. The van der Waals surface area contributed by atoms with Gasteiger partial charge in [-0.3, -0.25) is 10.1 Å². The largest absolute Gasteiger partial charge is 0.368 e. The van der Waals surface area contributed by atoms with Crippen LogP contribution in [0.15, 0.2) is 48.5 Å². The molecule has 6 heteroatoms. The van der Waals surface area contributed by atoms with Gasteiger partial charge in [0.05, 0.1) is 0 Å². The summed E-state index contributed by atoms with van der Waals surface area (Å²) in [5.74, 6) is -0.423. The zero-order valence-corrected chi connectivity index (χ0v) is 17.4. The van der Waals surface area contributed by atoms with Gasteiger partial charge in [-0.25, -0.2) is 4.39 Å². The first-order valence-electron chi connectivity index (χ1n) is 9.45. The van der Waals surface area contributed by atoms with Gasteiger partial charge in [-0.05, 0) is 59.6 Å². The van der Waals surface area contributed by atoms with E-state index >= 15 is 0 Å². The van der Waals surface area contributed by atoms with Crippen molar-refractivity contribution >= 4 is 28.9 Å². The lowest BCUT2D eigenvalue weighted by Crippen LogP contribution is -2.52. The number of carbonyl (C=O) groups excluding carboxylic acids is 1. The van der Waals surface area contributed by atoms with Gasteiger partial charge in [0.25, 0.3) is 5.91 Å². The van der Waals surface area contributed by atoms with Crippen molar-refractivity contribution in [1.82, 2.24) is 10.2 Å². The summed E-state index contributed by atoms with van der Waals surface area (Å²) >= 11 is 5.43. The Morgan fingerprint density at radius 1 is 0.964 bits per heavy atom. The number of nitrogens with one attached hydrogen (secondary N) is 1. The van der Waals surface area contributed by atoms with Crippen LogP contribution in [0.1, 0.15) is 36.7 Å². The van der Waals surface area contributed by atoms with E-state index in [2.05, 4.69) is 31.0 Å². The minimum atomic E-state index is -0.234. The molecule has 0 radical (unpaired) electrons. The Morgan fingerprint density at radius 2 is 1.54 bits per heavy atom. The zero-order valence-electron chi connectivity index (χ0n) is 16.5. The van der Waals surface area contributed by atoms with Gasteiger partial charge in [-0.2, -0.15) is 0 Å². The average molecular weight is 400 g/mol. The fraction of sp³-hybridized carbons (Fsp3) is 0.364. The molecule has 0 bridgehead atoms. The number of thiocarbonyl (C=S) groups is 1. The van der Waals surface area contributed by atoms with Gasteiger partial charge >= 0.3 is 0 Å². The van der Waals surface area contributed by atoms with Gasteiger partial charge < -0.3 is 9.80 Å². The first kappa shape index (κ1) is 20.3. The summed E-state index contributed by atoms with van der Waals surface area (Å²) in [5, 5.41) is 3.28. The van der Waals surface area contributed by atoms with E-state index in [1.807, 2.05) is 29.2 Å². The van der Waals surface area contributed by atoms with Crippen LogP contribution in [-0.4, -0.2) is 42.1 Å². The van der Waals surface area contributed by atoms with Crippen LogP contribution in [0.5, 0.6) is 0 Å². The Labute approximate surface area is 171 Å². The molecule has 1 saturated heterocycles. The topological polar surface area (TPSA) is 35.6 Å². The second-order valence-electron chi connectivity index (χ2n) is 8.04. The maximum absolute atomic E-state index is 13.1. The predicted molar refractivity (Wildman–Crippen MR) is 115 cm³/mol. The molecule has 2 aromatic rings. The van der Waals surface area contributed by atoms with Gasteiger partial charge in [-0.1, -0.05) is 32.9 Å². The van der Waals surface area contributed by atoms with Gasteiger partial charge in [-0.15, -0.1) is 0 Å². The van der Waals surface area contributed by atoms with Crippen molar-refractivity contribution < 1.29 is 9.18 Å². The predicted octanol–water partition coefficient (Wildman–Crippen LogP) is 3.96. The number of rotatable bonds is 2. The minimum Gasteiger partial charge on any atom is -0.368 e. The molecular weight excluding hydrogens is 373 g/mol. The van der Waals surface area contributed by atoms with Crippen molar-refractivity contribution in [3.8, 4) is 0 Å². The second kappa shape index (κ2) is 8.27. The molecule has 148 valence electrons. The molecule has 0 aromatic heterocycles. The van der Waals surface area contributed by atoms with Crippen LogP contribution in [0.2, 0.25) is 0 Å². The quantitative estimate of drug-likeness (QED) is 0.776. The van der Waals surface area contributed by atoms with E-state index in [0.29, 0.717) is 23.8 Å². The molecule has 0 spiro atoms. The van der Waals surface area contributed by atoms with E-state index < -0.39 is 0 Å². The van der Waals surface area contributed by atoms with Gasteiger partial charge in [0.2, 0.25) is 0 Å². The molecule has 0 aliphatic carbocycles. The summed E-state index contributed by atoms with van der Waals surface area (Å²) in [6, 6.07) is 14.2. The smallest absolute Gasteiger partial charge is 0.257 e. The molecule has 1 fully saturated rings. The number of benzene rings is 2. The number of amides is 1. The summed E-state index contributed by atoms with van der Waals surface area (Å²) in [6.07, 6.45) is 0. The fourth-order valence-electron chi connectivity index (χ4n) is 3.19. The fourth-order valence-corrected chi connectivity index (χ4v) is 3.46. The van der Waals surface area contributed by atoms with Crippen LogP contribution < -0.4 is 10.2 Å². The monoisotopic (exact) mass is 399 g/mol. The van der Waals surface area contributed by atoms with Crippen molar-refractivity contribution in [2.75, 3.05) is 31.1 Å². The molecule has 0 saturated carbocycles. The van der Waals surface area contributed by atoms with E-state index in [-0.39, 0.29) is 17.1 Å². The molecule has 4 nitrogen and oxygen atoms in total. The number of nitrogens with zero attached hydrogens (tertiary/aromatic N) is 2. The third kappa shape index (κ3) is 4.87. The number of anilines is 1. The number of hydrogen-bond donors (Lipinski definition) is 1. The van der Waals surface area contributed by atoms with E-state index in [1.165, 1.54) is 17.7 Å². The highest BCUT2D eigenvalue weighted by atomic mass is 32.1. The van der Waals surface area contributed by atoms with Crippen LogP contribution >= 0.6 is 12.2 Å². The van der Waals surface area contributed by atoms with Gasteiger partial charge in [0, 0.05) is 37.4 Å². The lowest BCUT2D eigenvalue weighted by Gasteiger charge is -2.37. The van der Waals surface area contributed by atoms with Crippen LogP contribution in [0.3, 0.4) is 0 Å². The van der Waals surface area contributed by atoms with Gasteiger partial charge in [0.15, 0.2) is 5.11 Å². The molecule has 1 N–H and O–H groups in total. The van der Waals surface area contributed by atoms with E-state index in [9.17, 15) is 9.18 Å². The summed E-state index contributed by atoms with van der Waals surface area (Å²) in [6.45, 7) is 9.37. The van der Waals surface area contributed by atoms with Crippen molar-refractivity contribution in [3.05, 3.63) is 65.5 Å². The highest BCUT2D eigenvalue weighted by molar-refractivity contribution is 7.80. The third-order valence-corrected chi connectivity index (χ3v) is 5.35. The lowest BCUT2D eigenvalue weighted by atomic mass is 9.87. The first-order chi connectivity index (χ1) is 13.2. The Kier molecular flexibility index (Phi) is 5.98. The molecule has 1 aliphatic rings. The first-order valence-corrected chi connectivity index (χ1v) is 9.86. The van der Waals surface area contributed by atoms with Gasteiger partial charge in [0.1, 0.15) is 5.82 Å². The Morgan fingerprint density at radius 3 is 2.07 bits per heavy atom. The van der Waals surface area contributed by atoms with Crippen LogP contribution in [0, 0.1) is 5.82 Å². The Balaban J connectivity index is 1.54. The standard InChI is InChI=1S/C22H26FN3OS/c1-22(2,3)17-6-4-16(5-7-17)20(27)24-21(28)26-14-12-25(13-15-26)19-10-8-18(23)9-11-19/h4-11H,12-15H2,1-3H3,(H,24,27,28). The van der Waals surface area contributed by atoms with Crippen molar-refractivity contribution in [3.63, 3.8) is 0 Å². The molecule has 3 rings (SSSR count). The molecule has 0 unspecified atom stereocenters. The molecule has 28 heavy (non-hydrogen) atoms. The molecule has 1 amide bonds. The third-order valence-electron chi connectivity index (χ3n) is 4.99. The van der Waals surface area contributed by atoms with Crippen LogP contribution in [0.25, 0.3) is 0 Å². The highest BCUT2D eigenvalue weighted by Crippen LogP contribution is 2.22. The summed E-state index contributed by atoms with van der Waals surface area (Å²) in [5.41, 5.74) is 2.83. The molecule has 1 heterocycles. The minimum absolute atomic E-state index is 0.0501. The van der Waals surface area contributed by atoms with Crippen LogP contribution in [0.4, 0.5) is 10.1 Å². The SMILES string of the molecule is CC(C)(C)c1ccc(C(=O)NC(=S)N2CCN(c3ccc(F)cc3)CC2)cc1. The number of hydrogen-bond acceptors (Lipinski definition) is 3. The maximum atomic E-state index is 13.1. The number of carbonyl (C=O) groups is 1. The lowest BCUT2D eigenvalue weighted by molar-refractivity contribution is 0.0973. The maximum Gasteiger partial charge on any atom is 0.257 e. The molecule has 2 aromatic carbocycles. The number of halogens is 1. The average Bonchev–Trinajstić information content (AvgIpc) is 2.68. The molecule has 1 aliphatic heterocycles.